The fourth-order valence-electron chi connectivity index (χ4n) is 3.22. The summed E-state index contributed by atoms with van der Waals surface area (Å²) >= 11 is 0. The first-order valence-corrected chi connectivity index (χ1v) is 8.41. The van der Waals surface area contributed by atoms with E-state index >= 15 is 0 Å². The minimum absolute atomic E-state index is 0.0216. The van der Waals surface area contributed by atoms with Gasteiger partial charge in [-0.25, -0.2) is 9.78 Å². The number of anilines is 1. The highest BCUT2D eigenvalue weighted by atomic mass is 16.4. The highest BCUT2D eigenvalue weighted by Gasteiger charge is 2.26. The molecule has 25 heavy (non-hydrogen) atoms. The van der Waals surface area contributed by atoms with Gasteiger partial charge in [0.1, 0.15) is 5.82 Å². The maximum absolute atomic E-state index is 12.2. The van der Waals surface area contributed by atoms with Crippen molar-refractivity contribution in [1.82, 2.24) is 14.9 Å². The van der Waals surface area contributed by atoms with Crippen LogP contribution >= 0.6 is 0 Å². The van der Waals surface area contributed by atoms with Crippen LogP contribution in [0.3, 0.4) is 0 Å². The Kier molecular flexibility index (Phi) is 5.02. The molecule has 1 aromatic heterocycles. The molecule has 1 aromatic carbocycles. The molecule has 1 saturated carbocycles. The average molecular weight is 342 g/mol. The molecule has 0 atom stereocenters. The molecule has 1 heterocycles. The highest BCUT2D eigenvalue weighted by molar-refractivity contribution is 5.90. The Morgan fingerprint density at radius 3 is 2.64 bits per heavy atom. The maximum Gasteiger partial charge on any atom is 0.319 e. The molecule has 2 aromatic rings. The van der Waals surface area contributed by atoms with Crippen molar-refractivity contribution < 1.29 is 14.7 Å². The number of hydrogen-bond donors (Lipinski definition) is 3. The Morgan fingerprint density at radius 2 is 2.00 bits per heavy atom. The van der Waals surface area contributed by atoms with Gasteiger partial charge in [0.25, 0.3) is 0 Å². The third kappa shape index (κ3) is 4.17. The van der Waals surface area contributed by atoms with Crippen molar-refractivity contribution >= 4 is 17.7 Å². The van der Waals surface area contributed by atoms with Crippen LogP contribution in [0.5, 0.6) is 0 Å². The molecule has 0 bridgehead atoms. The number of aryl methyl sites for hydroxylation is 1. The minimum Gasteiger partial charge on any atom is -0.481 e. The minimum atomic E-state index is -0.742. The number of carbonyl (C=O) groups excluding carboxylic acids is 1. The number of aromatic nitrogens is 2. The Hall–Kier alpha value is -2.83. The largest absolute Gasteiger partial charge is 0.481 e. The first-order valence-electron chi connectivity index (χ1n) is 8.41. The molecular formula is C18H22N4O3. The number of imidazole rings is 1. The number of rotatable bonds is 4. The van der Waals surface area contributed by atoms with Gasteiger partial charge in [-0.1, -0.05) is 12.1 Å². The van der Waals surface area contributed by atoms with Crippen LogP contribution in [0.2, 0.25) is 0 Å². The maximum atomic E-state index is 12.2. The van der Waals surface area contributed by atoms with E-state index in [9.17, 15) is 9.59 Å². The second-order valence-electron chi connectivity index (χ2n) is 6.43. The molecule has 0 aliphatic heterocycles. The van der Waals surface area contributed by atoms with Crippen LogP contribution in [0.4, 0.5) is 10.5 Å². The molecule has 7 heteroatoms. The van der Waals surface area contributed by atoms with E-state index in [4.69, 9.17) is 5.11 Å². The molecular weight excluding hydrogens is 320 g/mol. The molecule has 0 radical (unpaired) electrons. The molecule has 0 unspecified atom stereocenters. The number of carboxylic acids is 1. The normalized spacial score (nSPS) is 20.0. The zero-order valence-electron chi connectivity index (χ0n) is 14.1. The second-order valence-corrected chi connectivity index (χ2v) is 6.43. The van der Waals surface area contributed by atoms with E-state index in [0.717, 1.165) is 11.4 Å². The van der Waals surface area contributed by atoms with Crippen LogP contribution in [-0.2, 0) is 11.8 Å². The summed E-state index contributed by atoms with van der Waals surface area (Å²) in [7, 11) is 1.92. The fourth-order valence-corrected chi connectivity index (χ4v) is 3.22. The van der Waals surface area contributed by atoms with Crippen molar-refractivity contribution in [3.05, 3.63) is 36.7 Å². The average Bonchev–Trinajstić information content (AvgIpc) is 3.01. The lowest BCUT2D eigenvalue weighted by molar-refractivity contribution is -0.142. The van der Waals surface area contributed by atoms with E-state index in [1.54, 1.807) is 6.20 Å². The number of benzene rings is 1. The number of nitrogens with zero attached hydrogens (tertiary/aromatic N) is 2. The Bertz CT molecular complexity index is 763. The number of carboxylic acid groups (broad SMARTS) is 1. The lowest BCUT2D eigenvalue weighted by Crippen LogP contribution is -2.40. The lowest BCUT2D eigenvalue weighted by atomic mass is 9.86. The lowest BCUT2D eigenvalue weighted by Gasteiger charge is -2.26. The summed E-state index contributed by atoms with van der Waals surface area (Å²) in [5.41, 5.74) is 1.62. The summed E-state index contributed by atoms with van der Waals surface area (Å²) < 4.78 is 1.92. The van der Waals surface area contributed by atoms with E-state index in [0.29, 0.717) is 31.4 Å². The molecule has 1 aliphatic rings. The Labute approximate surface area is 146 Å². The van der Waals surface area contributed by atoms with Crippen LogP contribution in [0.25, 0.3) is 11.4 Å². The first-order chi connectivity index (χ1) is 12.0. The fraction of sp³-hybridized carbons (Fsp3) is 0.389. The molecule has 0 spiro atoms. The van der Waals surface area contributed by atoms with Crippen molar-refractivity contribution in [2.45, 2.75) is 31.7 Å². The van der Waals surface area contributed by atoms with Crippen LogP contribution in [-0.4, -0.2) is 32.7 Å². The second kappa shape index (κ2) is 7.38. The van der Waals surface area contributed by atoms with Gasteiger partial charge in [-0.3, -0.25) is 4.79 Å². The summed E-state index contributed by atoms with van der Waals surface area (Å²) in [5, 5.41) is 14.8. The molecule has 1 aliphatic carbocycles. The van der Waals surface area contributed by atoms with Crippen molar-refractivity contribution in [2.24, 2.45) is 13.0 Å². The molecule has 3 rings (SSSR count). The van der Waals surface area contributed by atoms with Gasteiger partial charge in [0, 0.05) is 36.7 Å². The monoisotopic (exact) mass is 342 g/mol. The van der Waals surface area contributed by atoms with Gasteiger partial charge in [0.15, 0.2) is 0 Å². The van der Waals surface area contributed by atoms with Crippen LogP contribution in [0, 0.1) is 5.92 Å². The topological polar surface area (TPSA) is 96.3 Å². The number of amides is 2. The Morgan fingerprint density at radius 1 is 1.24 bits per heavy atom. The van der Waals surface area contributed by atoms with Crippen LogP contribution in [0.1, 0.15) is 25.7 Å². The zero-order valence-corrected chi connectivity index (χ0v) is 14.1. The van der Waals surface area contributed by atoms with Crippen molar-refractivity contribution in [3.63, 3.8) is 0 Å². The van der Waals surface area contributed by atoms with Gasteiger partial charge in [-0.2, -0.15) is 0 Å². The smallest absolute Gasteiger partial charge is 0.319 e. The van der Waals surface area contributed by atoms with E-state index in [2.05, 4.69) is 15.6 Å². The number of urea groups is 1. The predicted molar refractivity (Wildman–Crippen MR) is 94.2 cm³/mol. The Balaban J connectivity index is 1.57. The van der Waals surface area contributed by atoms with Gasteiger partial charge in [0.05, 0.1) is 5.92 Å². The van der Waals surface area contributed by atoms with Gasteiger partial charge >= 0.3 is 12.0 Å². The summed E-state index contributed by atoms with van der Waals surface area (Å²) in [6.07, 6.45) is 6.20. The van der Waals surface area contributed by atoms with E-state index in [1.165, 1.54) is 0 Å². The number of carbonyl (C=O) groups is 2. The number of aliphatic carboxylic acids is 1. The van der Waals surface area contributed by atoms with Gasteiger partial charge in [0.2, 0.25) is 0 Å². The summed E-state index contributed by atoms with van der Waals surface area (Å²) in [4.78, 5) is 27.5. The summed E-state index contributed by atoms with van der Waals surface area (Å²) in [6, 6.07) is 7.27. The first kappa shape index (κ1) is 17.0. The third-order valence-electron chi connectivity index (χ3n) is 4.61. The molecule has 2 amide bonds. The van der Waals surface area contributed by atoms with Crippen molar-refractivity contribution in [3.8, 4) is 11.4 Å². The molecule has 132 valence electrons. The van der Waals surface area contributed by atoms with Crippen LogP contribution < -0.4 is 10.6 Å². The van der Waals surface area contributed by atoms with E-state index < -0.39 is 5.97 Å². The summed E-state index contributed by atoms with van der Waals surface area (Å²) in [5.74, 6) is -0.194. The van der Waals surface area contributed by atoms with E-state index in [1.807, 2.05) is 42.1 Å². The molecule has 7 nitrogen and oxygen atoms in total. The SMILES string of the molecule is Cn1ccnc1-c1cccc(NC(=O)NC2CCC(C(=O)O)CC2)c1. The van der Waals surface area contributed by atoms with Gasteiger partial charge in [-0.15, -0.1) is 0 Å². The standard InChI is InChI=1S/C18H22N4O3/c1-22-10-9-19-16(22)13-3-2-4-15(11-13)21-18(25)20-14-7-5-12(6-8-14)17(23)24/h2-4,9-12,14H,5-8H2,1H3,(H,23,24)(H2,20,21,25). The molecule has 1 fully saturated rings. The molecule has 0 saturated heterocycles. The van der Waals surface area contributed by atoms with Crippen molar-refractivity contribution in [2.75, 3.05) is 5.32 Å². The summed E-state index contributed by atoms with van der Waals surface area (Å²) in [6.45, 7) is 0. The predicted octanol–water partition coefficient (Wildman–Crippen LogP) is 2.85. The van der Waals surface area contributed by atoms with Crippen LogP contribution in [0.15, 0.2) is 36.7 Å². The molecule has 3 N–H and O–H groups in total. The van der Waals surface area contributed by atoms with Crippen molar-refractivity contribution in [1.29, 1.82) is 0 Å². The number of hydrogen-bond acceptors (Lipinski definition) is 3. The van der Waals surface area contributed by atoms with Gasteiger partial charge < -0.3 is 20.3 Å². The highest BCUT2D eigenvalue weighted by Crippen LogP contribution is 2.25. The number of nitrogens with one attached hydrogen (secondary N) is 2. The third-order valence-corrected chi connectivity index (χ3v) is 4.61. The quantitative estimate of drug-likeness (QED) is 0.796. The van der Waals surface area contributed by atoms with E-state index in [-0.39, 0.29) is 18.0 Å². The van der Waals surface area contributed by atoms with Gasteiger partial charge in [-0.05, 0) is 37.8 Å². The zero-order chi connectivity index (χ0) is 17.8.